The largest absolute Gasteiger partial charge is 0.389 e. The molecular weight excluding hydrogens is 112 g/mol. The fourth-order valence-electron chi connectivity index (χ4n) is 1.14. The summed E-state index contributed by atoms with van der Waals surface area (Å²) in [6.07, 6.45) is 9.71. The third-order valence-electron chi connectivity index (χ3n) is 1.73. The summed E-state index contributed by atoms with van der Waals surface area (Å²) in [6, 6.07) is 0. The minimum Gasteiger partial charge on any atom is -0.389 e. The molecule has 0 saturated heterocycles. The highest BCUT2D eigenvalue weighted by Crippen LogP contribution is 2.10. The van der Waals surface area contributed by atoms with Crippen LogP contribution in [0.25, 0.3) is 0 Å². The molecule has 1 nitrogen and oxygen atoms in total. The van der Waals surface area contributed by atoms with Crippen LogP contribution >= 0.6 is 0 Å². The van der Waals surface area contributed by atoms with Gasteiger partial charge in [0, 0.05) is 0 Å². The van der Waals surface area contributed by atoms with Crippen molar-refractivity contribution in [3.05, 3.63) is 12.2 Å². The predicted molar refractivity (Wildman–Crippen MR) is 38.2 cm³/mol. The van der Waals surface area contributed by atoms with Crippen LogP contribution in [0, 0.1) is 0 Å². The van der Waals surface area contributed by atoms with Gasteiger partial charge in [-0.2, -0.15) is 0 Å². The van der Waals surface area contributed by atoms with E-state index in [1.165, 1.54) is 19.3 Å². The highest BCUT2D eigenvalue weighted by atomic mass is 16.3. The number of aliphatic hydroxyl groups is 1. The van der Waals surface area contributed by atoms with Crippen molar-refractivity contribution in [3.63, 3.8) is 0 Å². The van der Waals surface area contributed by atoms with Crippen molar-refractivity contribution >= 4 is 0 Å². The molecule has 1 aliphatic carbocycles. The molecule has 0 heterocycles. The van der Waals surface area contributed by atoms with E-state index in [4.69, 9.17) is 5.11 Å². The van der Waals surface area contributed by atoms with Crippen LogP contribution in [0.3, 0.4) is 0 Å². The maximum Gasteiger partial charge on any atom is 0.0720 e. The van der Waals surface area contributed by atoms with Gasteiger partial charge in [-0.1, -0.05) is 25.0 Å². The first kappa shape index (κ1) is 6.81. The lowest BCUT2D eigenvalue weighted by Crippen LogP contribution is -2.02. The van der Waals surface area contributed by atoms with E-state index in [0.717, 1.165) is 12.8 Å². The molecule has 0 aromatic rings. The first-order chi connectivity index (χ1) is 4.39. The third-order valence-corrected chi connectivity index (χ3v) is 1.73. The zero-order chi connectivity index (χ0) is 6.53. The summed E-state index contributed by atoms with van der Waals surface area (Å²) in [5.41, 5.74) is 0. The number of hydrogen-bond acceptors (Lipinski definition) is 1. The quantitative estimate of drug-likeness (QED) is 0.491. The van der Waals surface area contributed by atoms with Gasteiger partial charge in [-0.05, 0) is 19.3 Å². The van der Waals surface area contributed by atoms with E-state index in [-0.39, 0.29) is 6.10 Å². The van der Waals surface area contributed by atoms with E-state index in [1.807, 2.05) is 6.08 Å². The van der Waals surface area contributed by atoms with Crippen molar-refractivity contribution in [2.75, 3.05) is 0 Å². The van der Waals surface area contributed by atoms with E-state index in [2.05, 4.69) is 6.08 Å². The van der Waals surface area contributed by atoms with Crippen molar-refractivity contribution in [2.24, 2.45) is 0 Å². The Labute approximate surface area is 56.4 Å². The SMILES string of the molecule is O[C@H]1/C=C/CCCCC1. The van der Waals surface area contributed by atoms with E-state index >= 15 is 0 Å². The lowest BCUT2D eigenvalue weighted by Gasteiger charge is -2.07. The molecule has 1 atom stereocenters. The molecule has 0 radical (unpaired) electrons. The predicted octanol–water partition coefficient (Wildman–Crippen LogP) is 1.87. The van der Waals surface area contributed by atoms with Crippen molar-refractivity contribution in [1.29, 1.82) is 0 Å². The Balaban J connectivity index is 2.30. The second-order valence-corrected chi connectivity index (χ2v) is 2.63. The average Bonchev–Trinajstić information content (AvgIpc) is 1.79. The van der Waals surface area contributed by atoms with Gasteiger partial charge in [0.1, 0.15) is 0 Å². The van der Waals surface area contributed by atoms with Gasteiger partial charge in [0.15, 0.2) is 0 Å². The topological polar surface area (TPSA) is 20.2 Å². The second kappa shape index (κ2) is 3.67. The van der Waals surface area contributed by atoms with Crippen LogP contribution in [0.4, 0.5) is 0 Å². The zero-order valence-electron chi connectivity index (χ0n) is 5.71. The third kappa shape index (κ3) is 2.66. The van der Waals surface area contributed by atoms with E-state index in [9.17, 15) is 0 Å². The molecule has 0 fully saturated rings. The molecule has 0 aliphatic heterocycles. The van der Waals surface area contributed by atoms with Gasteiger partial charge in [-0.3, -0.25) is 0 Å². The van der Waals surface area contributed by atoms with E-state index < -0.39 is 0 Å². The Morgan fingerprint density at radius 1 is 1.22 bits per heavy atom. The van der Waals surface area contributed by atoms with Crippen LogP contribution in [0.1, 0.15) is 32.1 Å². The normalized spacial score (nSPS) is 32.8. The van der Waals surface area contributed by atoms with Crippen LogP contribution in [0.5, 0.6) is 0 Å². The average molecular weight is 126 g/mol. The van der Waals surface area contributed by atoms with Crippen molar-refractivity contribution in [3.8, 4) is 0 Å². The second-order valence-electron chi connectivity index (χ2n) is 2.63. The Kier molecular flexibility index (Phi) is 2.78. The monoisotopic (exact) mass is 126 g/mol. The first-order valence-corrected chi connectivity index (χ1v) is 3.74. The molecule has 0 unspecified atom stereocenters. The summed E-state index contributed by atoms with van der Waals surface area (Å²) < 4.78 is 0. The summed E-state index contributed by atoms with van der Waals surface area (Å²) in [7, 11) is 0. The summed E-state index contributed by atoms with van der Waals surface area (Å²) in [4.78, 5) is 0. The molecule has 1 heteroatoms. The van der Waals surface area contributed by atoms with Gasteiger partial charge in [-0.15, -0.1) is 0 Å². The van der Waals surface area contributed by atoms with Crippen molar-refractivity contribution < 1.29 is 5.11 Å². The van der Waals surface area contributed by atoms with Crippen LogP contribution in [-0.2, 0) is 0 Å². The van der Waals surface area contributed by atoms with Gasteiger partial charge in [0.05, 0.1) is 6.10 Å². The first-order valence-electron chi connectivity index (χ1n) is 3.74. The summed E-state index contributed by atoms with van der Waals surface area (Å²) >= 11 is 0. The minimum atomic E-state index is -0.162. The van der Waals surface area contributed by atoms with Gasteiger partial charge in [0.2, 0.25) is 0 Å². The molecule has 1 N–H and O–H groups in total. The van der Waals surface area contributed by atoms with Gasteiger partial charge in [-0.25, -0.2) is 0 Å². The lowest BCUT2D eigenvalue weighted by molar-refractivity contribution is 0.206. The number of aliphatic hydroxyl groups excluding tert-OH is 1. The summed E-state index contributed by atoms with van der Waals surface area (Å²) in [5, 5.41) is 9.13. The van der Waals surface area contributed by atoms with E-state index in [1.54, 1.807) is 0 Å². The van der Waals surface area contributed by atoms with E-state index in [0.29, 0.717) is 0 Å². The fraction of sp³-hybridized carbons (Fsp3) is 0.750. The molecule has 1 rings (SSSR count). The molecule has 0 aromatic carbocycles. The molecular formula is C8H14O. The molecule has 0 saturated carbocycles. The number of rotatable bonds is 0. The highest BCUT2D eigenvalue weighted by Gasteiger charge is 2.00. The Bertz CT molecular complexity index is 96.7. The smallest absolute Gasteiger partial charge is 0.0720 e. The maximum atomic E-state index is 9.13. The standard InChI is InChI=1S/C8H14O/c9-8-6-4-2-1-3-5-7-8/h4,6,8-9H,1-3,5,7H2/b6-4+/t8-/m0/s1. The zero-order valence-corrected chi connectivity index (χ0v) is 5.71. The fourth-order valence-corrected chi connectivity index (χ4v) is 1.14. The molecule has 0 spiro atoms. The minimum absolute atomic E-state index is 0.162. The Morgan fingerprint density at radius 2 is 2.11 bits per heavy atom. The molecule has 1 aliphatic rings. The van der Waals surface area contributed by atoms with Crippen LogP contribution in [0.2, 0.25) is 0 Å². The summed E-state index contributed by atoms with van der Waals surface area (Å²) in [6.45, 7) is 0. The molecule has 52 valence electrons. The van der Waals surface area contributed by atoms with Gasteiger partial charge in [0.25, 0.3) is 0 Å². The lowest BCUT2D eigenvalue weighted by atomic mass is 10.0. The molecule has 0 amide bonds. The summed E-state index contributed by atoms with van der Waals surface area (Å²) in [5.74, 6) is 0. The van der Waals surface area contributed by atoms with Gasteiger partial charge < -0.3 is 5.11 Å². The van der Waals surface area contributed by atoms with Crippen LogP contribution in [0.15, 0.2) is 12.2 Å². The molecule has 0 aromatic heterocycles. The van der Waals surface area contributed by atoms with Crippen LogP contribution in [-0.4, -0.2) is 11.2 Å². The number of hydrogen-bond donors (Lipinski definition) is 1. The Morgan fingerprint density at radius 3 is 3.00 bits per heavy atom. The maximum absolute atomic E-state index is 9.13. The van der Waals surface area contributed by atoms with Crippen molar-refractivity contribution in [1.82, 2.24) is 0 Å². The molecule has 0 bridgehead atoms. The number of allylic oxidation sites excluding steroid dienone is 1. The van der Waals surface area contributed by atoms with Crippen LogP contribution < -0.4 is 0 Å². The van der Waals surface area contributed by atoms with Gasteiger partial charge >= 0.3 is 0 Å². The molecule has 9 heavy (non-hydrogen) atoms. The highest BCUT2D eigenvalue weighted by molar-refractivity contribution is 4.89. The Hall–Kier alpha value is -0.300. The van der Waals surface area contributed by atoms with Crippen molar-refractivity contribution in [2.45, 2.75) is 38.2 Å².